The Labute approximate surface area is 71.9 Å². The van der Waals surface area contributed by atoms with Gasteiger partial charge in [-0.3, -0.25) is 9.59 Å². The van der Waals surface area contributed by atoms with Gasteiger partial charge >= 0.3 is 0 Å². The molecule has 64 valence electrons. The lowest BCUT2D eigenvalue weighted by Gasteiger charge is -2.11. The van der Waals surface area contributed by atoms with E-state index in [1.54, 1.807) is 12.2 Å². The lowest BCUT2D eigenvalue weighted by molar-refractivity contribution is -0.119. The van der Waals surface area contributed by atoms with Crippen molar-refractivity contribution in [1.82, 2.24) is 5.09 Å². The topological polar surface area (TPSA) is 55.4 Å². The number of amides is 1. The third kappa shape index (κ3) is 1.71. The normalized spacial score (nSPS) is 15.4. The van der Waals surface area contributed by atoms with Gasteiger partial charge in [-0.25, -0.2) is 0 Å². The molecule has 1 unspecified atom stereocenters. The molecule has 1 heterocycles. The van der Waals surface area contributed by atoms with Gasteiger partial charge in [-0.1, -0.05) is 0 Å². The minimum absolute atomic E-state index is 0.0718. The molecule has 0 aromatic carbocycles. The number of rotatable bonds is 2. The maximum Gasteiger partial charge on any atom is 0.289 e. The van der Waals surface area contributed by atoms with Crippen molar-refractivity contribution in [2.45, 2.75) is 0 Å². The summed E-state index contributed by atoms with van der Waals surface area (Å²) in [7, 11) is 2.05. The summed E-state index contributed by atoms with van der Waals surface area (Å²) in [4.78, 5) is 21.4. The van der Waals surface area contributed by atoms with Gasteiger partial charge in [0.25, 0.3) is 5.91 Å². The highest BCUT2D eigenvalue weighted by Gasteiger charge is 2.15. The molecule has 0 saturated heterocycles. The lowest BCUT2D eigenvalue weighted by atomic mass is 10.2. The molecule has 12 heavy (non-hydrogen) atoms. The zero-order valence-corrected chi connectivity index (χ0v) is 7.40. The molecule has 0 aliphatic carbocycles. The highest BCUT2D eigenvalue weighted by molar-refractivity contribution is 7.15. The SMILES string of the molecule is O=CC1=C(C(=O)NP)OCC=C1. The van der Waals surface area contributed by atoms with Crippen molar-refractivity contribution in [3.05, 3.63) is 23.5 Å². The van der Waals surface area contributed by atoms with Crippen LogP contribution in [-0.4, -0.2) is 18.8 Å². The summed E-state index contributed by atoms with van der Waals surface area (Å²) >= 11 is 0. The van der Waals surface area contributed by atoms with Crippen molar-refractivity contribution in [3.63, 3.8) is 0 Å². The fourth-order valence-electron chi connectivity index (χ4n) is 0.821. The summed E-state index contributed by atoms with van der Waals surface area (Å²) in [6, 6.07) is 0. The number of ether oxygens (including phenoxy) is 1. The first-order chi connectivity index (χ1) is 5.79. The van der Waals surface area contributed by atoms with Crippen LogP contribution in [0.15, 0.2) is 23.5 Å². The molecule has 1 aliphatic rings. The molecule has 1 N–H and O–H groups in total. The maximum absolute atomic E-state index is 11.0. The van der Waals surface area contributed by atoms with Crippen LogP contribution in [0.3, 0.4) is 0 Å². The largest absolute Gasteiger partial charge is 0.483 e. The van der Waals surface area contributed by atoms with Crippen molar-refractivity contribution in [2.75, 3.05) is 6.61 Å². The van der Waals surface area contributed by atoms with Crippen LogP contribution in [0, 0.1) is 0 Å². The summed E-state index contributed by atoms with van der Waals surface area (Å²) in [6.07, 6.45) is 3.82. The Bertz CT molecular complexity index is 270. The first kappa shape index (κ1) is 8.94. The molecule has 0 bridgehead atoms. The quantitative estimate of drug-likeness (QED) is 0.484. The molecule has 0 saturated carbocycles. The van der Waals surface area contributed by atoms with Crippen molar-refractivity contribution < 1.29 is 14.3 Å². The minimum atomic E-state index is -0.411. The summed E-state index contributed by atoms with van der Waals surface area (Å²) in [5, 5.41) is 2.30. The molecular weight excluding hydrogens is 177 g/mol. The van der Waals surface area contributed by atoms with Crippen LogP contribution in [0.4, 0.5) is 0 Å². The second-order valence-corrected chi connectivity index (χ2v) is 2.38. The third-order valence-electron chi connectivity index (χ3n) is 1.35. The van der Waals surface area contributed by atoms with Crippen LogP contribution in [0.1, 0.15) is 0 Å². The van der Waals surface area contributed by atoms with Crippen LogP contribution in [0.2, 0.25) is 0 Å². The summed E-state index contributed by atoms with van der Waals surface area (Å²) in [5.41, 5.74) is 0.265. The van der Waals surface area contributed by atoms with Crippen molar-refractivity contribution in [2.24, 2.45) is 0 Å². The van der Waals surface area contributed by atoms with E-state index in [1.807, 2.05) is 9.39 Å². The van der Waals surface area contributed by atoms with Gasteiger partial charge in [0.2, 0.25) is 0 Å². The predicted molar refractivity (Wildman–Crippen MR) is 46.0 cm³/mol. The lowest BCUT2D eigenvalue weighted by Crippen LogP contribution is -2.20. The van der Waals surface area contributed by atoms with Gasteiger partial charge in [0.1, 0.15) is 6.61 Å². The summed E-state index contributed by atoms with van der Waals surface area (Å²) < 4.78 is 4.97. The van der Waals surface area contributed by atoms with Gasteiger partial charge in [0.15, 0.2) is 12.0 Å². The summed E-state index contributed by atoms with van der Waals surface area (Å²) in [6.45, 7) is 0.324. The number of nitrogens with one attached hydrogen (secondary N) is 1. The van der Waals surface area contributed by atoms with Gasteiger partial charge in [-0.2, -0.15) is 0 Å². The van der Waals surface area contributed by atoms with E-state index in [-0.39, 0.29) is 11.3 Å². The van der Waals surface area contributed by atoms with E-state index in [1.165, 1.54) is 0 Å². The first-order valence-electron chi connectivity index (χ1n) is 3.29. The van der Waals surface area contributed by atoms with E-state index in [2.05, 4.69) is 5.09 Å². The molecule has 1 aliphatic heterocycles. The Morgan fingerprint density at radius 1 is 1.75 bits per heavy atom. The van der Waals surface area contributed by atoms with Gasteiger partial charge in [0.05, 0.1) is 5.57 Å². The molecular formula is C7H8NO3P. The predicted octanol–water partition coefficient (Wildman–Crippen LogP) is -0.0679. The Kier molecular flexibility index (Phi) is 3.00. The molecule has 0 aromatic heterocycles. The Morgan fingerprint density at radius 2 is 2.50 bits per heavy atom. The van der Waals surface area contributed by atoms with Crippen molar-refractivity contribution in [1.29, 1.82) is 0 Å². The fourth-order valence-corrected chi connectivity index (χ4v) is 0.952. The molecule has 0 aromatic rings. The number of carbonyl (C=O) groups is 2. The number of carbonyl (C=O) groups excluding carboxylic acids is 2. The smallest absolute Gasteiger partial charge is 0.289 e. The molecule has 1 atom stereocenters. The van der Waals surface area contributed by atoms with Gasteiger partial charge in [-0.15, -0.1) is 0 Å². The monoisotopic (exact) mass is 185 g/mol. The zero-order valence-electron chi connectivity index (χ0n) is 6.24. The van der Waals surface area contributed by atoms with E-state index >= 15 is 0 Å². The van der Waals surface area contributed by atoms with E-state index in [9.17, 15) is 9.59 Å². The van der Waals surface area contributed by atoms with E-state index in [4.69, 9.17) is 4.74 Å². The minimum Gasteiger partial charge on any atom is -0.483 e. The summed E-state index contributed by atoms with van der Waals surface area (Å²) in [5.74, 6) is -0.339. The van der Waals surface area contributed by atoms with Crippen LogP contribution in [0.25, 0.3) is 0 Å². The molecule has 1 rings (SSSR count). The third-order valence-corrected chi connectivity index (χ3v) is 1.61. The molecule has 1 amide bonds. The van der Waals surface area contributed by atoms with Crippen LogP contribution in [0.5, 0.6) is 0 Å². The Morgan fingerprint density at radius 3 is 3.08 bits per heavy atom. The van der Waals surface area contributed by atoms with Gasteiger partial charge in [-0.05, 0) is 21.5 Å². The number of hydrogen-bond donors (Lipinski definition) is 1. The van der Waals surface area contributed by atoms with Crippen LogP contribution >= 0.6 is 9.39 Å². The van der Waals surface area contributed by atoms with Crippen LogP contribution < -0.4 is 5.09 Å². The first-order valence-corrected chi connectivity index (χ1v) is 3.87. The Balaban J connectivity index is 2.95. The molecule has 0 radical (unpaired) electrons. The second kappa shape index (κ2) is 4.02. The van der Waals surface area contributed by atoms with Crippen molar-refractivity contribution in [3.8, 4) is 0 Å². The highest BCUT2D eigenvalue weighted by atomic mass is 31.0. The molecule has 4 nitrogen and oxygen atoms in total. The molecule has 0 spiro atoms. The van der Waals surface area contributed by atoms with Gasteiger partial charge in [0, 0.05) is 0 Å². The van der Waals surface area contributed by atoms with Gasteiger partial charge < -0.3 is 9.82 Å². The van der Waals surface area contributed by atoms with Crippen molar-refractivity contribution >= 4 is 21.6 Å². The molecule has 5 heteroatoms. The molecule has 0 fully saturated rings. The average Bonchev–Trinajstić information content (AvgIpc) is 2.16. The maximum atomic E-state index is 11.0. The Hall–Kier alpha value is -1.15. The van der Waals surface area contributed by atoms with Crippen LogP contribution in [-0.2, 0) is 14.3 Å². The van der Waals surface area contributed by atoms with E-state index < -0.39 is 5.91 Å². The highest BCUT2D eigenvalue weighted by Crippen LogP contribution is 2.11. The fraction of sp³-hybridized carbons (Fsp3) is 0.143. The van der Waals surface area contributed by atoms with E-state index in [0.29, 0.717) is 12.9 Å². The average molecular weight is 185 g/mol. The second-order valence-electron chi connectivity index (χ2n) is 2.09. The number of aldehydes is 1. The standard InChI is InChI=1S/C7H8NO3P/c9-4-5-2-1-3-11-6(5)7(10)8-12/h1-2,4H,3,12H2,(H,8,10). The zero-order chi connectivity index (χ0) is 8.97. The number of allylic oxidation sites excluding steroid dienone is 2. The van der Waals surface area contributed by atoms with E-state index in [0.717, 1.165) is 0 Å². The number of hydrogen-bond acceptors (Lipinski definition) is 3.